The number of halogens is 3. The minimum atomic E-state index is -4.77. The van der Waals surface area contributed by atoms with Crippen LogP contribution in [0.15, 0.2) is 54.9 Å². The number of benzene rings is 2. The van der Waals surface area contributed by atoms with Gasteiger partial charge < -0.3 is 9.84 Å². The van der Waals surface area contributed by atoms with Crippen LogP contribution in [0.2, 0.25) is 0 Å². The molecule has 24 heavy (non-hydrogen) atoms. The summed E-state index contributed by atoms with van der Waals surface area (Å²) in [7, 11) is 0. The van der Waals surface area contributed by atoms with Crippen molar-refractivity contribution in [2.75, 3.05) is 0 Å². The van der Waals surface area contributed by atoms with Gasteiger partial charge in [0, 0.05) is 5.56 Å². The summed E-state index contributed by atoms with van der Waals surface area (Å²) >= 11 is 0. The van der Waals surface area contributed by atoms with E-state index in [-0.39, 0.29) is 18.2 Å². The average Bonchev–Trinajstić information content (AvgIpc) is 3.03. The van der Waals surface area contributed by atoms with E-state index in [1.54, 1.807) is 36.4 Å². The van der Waals surface area contributed by atoms with Gasteiger partial charge in [-0.05, 0) is 23.8 Å². The summed E-state index contributed by atoms with van der Waals surface area (Å²) in [6, 6.07) is 12.7. The number of alkyl halides is 3. The molecule has 1 aromatic heterocycles. The van der Waals surface area contributed by atoms with Crippen LogP contribution >= 0.6 is 0 Å². The van der Waals surface area contributed by atoms with Crippen LogP contribution in [-0.2, 0) is 6.61 Å². The van der Waals surface area contributed by atoms with Crippen LogP contribution in [0.4, 0.5) is 13.2 Å². The summed E-state index contributed by atoms with van der Waals surface area (Å²) in [6.07, 6.45) is -3.35. The van der Waals surface area contributed by atoms with Crippen molar-refractivity contribution in [3.63, 3.8) is 0 Å². The van der Waals surface area contributed by atoms with Crippen LogP contribution in [0, 0.1) is 0 Å². The quantitative estimate of drug-likeness (QED) is 0.794. The standard InChI is InChI=1S/C16H12F3N3O2/c17-16(18,19)24-14-7-2-1-6-13(14)11-4-3-5-12(8-11)22-10-20-15(9-23)21-22/h1-8,10,23H,9H2. The van der Waals surface area contributed by atoms with Crippen LogP contribution < -0.4 is 4.74 Å². The molecule has 2 aromatic carbocycles. The Morgan fingerprint density at radius 3 is 2.58 bits per heavy atom. The maximum absolute atomic E-state index is 12.6. The van der Waals surface area contributed by atoms with Crippen molar-refractivity contribution in [1.82, 2.24) is 14.8 Å². The summed E-state index contributed by atoms with van der Waals surface area (Å²) in [6.45, 7) is -0.297. The van der Waals surface area contributed by atoms with E-state index in [1.165, 1.54) is 23.1 Å². The smallest absolute Gasteiger partial charge is 0.405 e. The minimum Gasteiger partial charge on any atom is -0.405 e. The molecular formula is C16H12F3N3O2. The van der Waals surface area contributed by atoms with E-state index in [9.17, 15) is 13.2 Å². The lowest BCUT2D eigenvalue weighted by Gasteiger charge is -2.13. The monoisotopic (exact) mass is 335 g/mol. The molecule has 0 aliphatic heterocycles. The fourth-order valence-corrected chi connectivity index (χ4v) is 2.23. The molecule has 0 saturated heterocycles. The Morgan fingerprint density at radius 2 is 1.88 bits per heavy atom. The lowest BCUT2D eigenvalue weighted by atomic mass is 10.0. The van der Waals surface area contributed by atoms with Gasteiger partial charge in [-0.1, -0.05) is 30.3 Å². The molecule has 0 aliphatic rings. The zero-order chi connectivity index (χ0) is 17.2. The first-order valence-electron chi connectivity index (χ1n) is 6.93. The largest absolute Gasteiger partial charge is 0.573 e. The summed E-state index contributed by atoms with van der Waals surface area (Å²) in [4.78, 5) is 3.91. The highest BCUT2D eigenvalue weighted by atomic mass is 19.4. The molecule has 0 unspecified atom stereocenters. The summed E-state index contributed by atoms with van der Waals surface area (Å²) in [5.74, 6) is -0.0296. The number of hydrogen-bond donors (Lipinski definition) is 1. The highest BCUT2D eigenvalue weighted by Gasteiger charge is 2.32. The van der Waals surface area contributed by atoms with Crippen molar-refractivity contribution < 1.29 is 23.0 Å². The number of rotatable bonds is 4. The van der Waals surface area contributed by atoms with Gasteiger partial charge in [0.1, 0.15) is 18.7 Å². The number of aliphatic hydroxyl groups is 1. The van der Waals surface area contributed by atoms with Gasteiger partial charge in [0.25, 0.3) is 0 Å². The Morgan fingerprint density at radius 1 is 1.08 bits per heavy atom. The lowest BCUT2D eigenvalue weighted by molar-refractivity contribution is -0.274. The number of ether oxygens (including phenoxy) is 1. The molecule has 0 bridgehead atoms. The van der Waals surface area contributed by atoms with Crippen LogP contribution in [0.25, 0.3) is 16.8 Å². The second-order valence-corrected chi connectivity index (χ2v) is 4.86. The summed E-state index contributed by atoms with van der Waals surface area (Å²) in [5.41, 5.74) is 1.44. The Bertz CT molecular complexity index is 846. The van der Waals surface area contributed by atoms with E-state index in [1.807, 2.05) is 0 Å². The van der Waals surface area contributed by atoms with Crippen molar-refractivity contribution in [2.24, 2.45) is 0 Å². The lowest BCUT2D eigenvalue weighted by Crippen LogP contribution is -2.17. The van der Waals surface area contributed by atoms with E-state index in [0.29, 0.717) is 16.8 Å². The number of aliphatic hydroxyl groups excluding tert-OH is 1. The molecule has 3 aromatic rings. The van der Waals surface area contributed by atoms with Crippen molar-refractivity contribution in [1.29, 1.82) is 0 Å². The molecule has 0 spiro atoms. The van der Waals surface area contributed by atoms with Crippen molar-refractivity contribution in [2.45, 2.75) is 13.0 Å². The van der Waals surface area contributed by atoms with Crippen LogP contribution in [-0.4, -0.2) is 26.2 Å². The summed E-state index contributed by atoms with van der Waals surface area (Å²) in [5, 5.41) is 13.1. The average molecular weight is 335 g/mol. The zero-order valence-electron chi connectivity index (χ0n) is 12.2. The molecule has 3 rings (SSSR count). The topological polar surface area (TPSA) is 60.2 Å². The van der Waals surface area contributed by atoms with Gasteiger partial charge in [0.15, 0.2) is 5.82 Å². The summed E-state index contributed by atoms with van der Waals surface area (Å²) < 4.78 is 43.2. The van der Waals surface area contributed by atoms with Crippen molar-refractivity contribution in [3.05, 3.63) is 60.7 Å². The first kappa shape index (κ1) is 16.0. The number of nitrogens with zero attached hydrogens (tertiary/aromatic N) is 3. The molecule has 0 atom stereocenters. The fraction of sp³-hybridized carbons (Fsp3) is 0.125. The highest BCUT2D eigenvalue weighted by Crippen LogP contribution is 2.34. The Balaban J connectivity index is 2.00. The molecule has 8 heteroatoms. The SMILES string of the molecule is OCc1ncn(-c2cccc(-c3ccccc3OC(F)(F)F)c2)n1. The van der Waals surface area contributed by atoms with Gasteiger partial charge in [-0.2, -0.15) is 0 Å². The number of para-hydroxylation sites is 1. The Labute approximate surface area is 135 Å². The van der Waals surface area contributed by atoms with Gasteiger partial charge in [0.2, 0.25) is 0 Å². The van der Waals surface area contributed by atoms with Crippen molar-refractivity contribution >= 4 is 0 Å². The Hall–Kier alpha value is -2.87. The van der Waals surface area contributed by atoms with Gasteiger partial charge in [-0.3, -0.25) is 0 Å². The third kappa shape index (κ3) is 3.54. The molecule has 1 heterocycles. The van der Waals surface area contributed by atoms with E-state index in [4.69, 9.17) is 5.11 Å². The number of hydrogen-bond acceptors (Lipinski definition) is 4. The second-order valence-electron chi connectivity index (χ2n) is 4.86. The molecule has 0 amide bonds. The van der Waals surface area contributed by atoms with Gasteiger partial charge in [-0.15, -0.1) is 18.3 Å². The van der Waals surface area contributed by atoms with E-state index < -0.39 is 6.36 Å². The molecular weight excluding hydrogens is 323 g/mol. The van der Waals surface area contributed by atoms with Crippen LogP contribution in [0.5, 0.6) is 5.75 Å². The molecule has 0 fully saturated rings. The maximum Gasteiger partial charge on any atom is 0.573 e. The van der Waals surface area contributed by atoms with Crippen LogP contribution in [0.3, 0.4) is 0 Å². The van der Waals surface area contributed by atoms with Gasteiger partial charge in [-0.25, -0.2) is 9.67 Å². The Kier molecular flexibility index (Phi) is 4.22. The predicted molar refractivity (Wildman–Crippen MR) is 79.4 cm³/mol. The highest BCUT2D eigenvalue weighted by molar-refractivity contribution is 5.72. The van der Waals surface area contributed by atoms with Crippen molar-refractivity contribution in [3.8, 4) is 22.6 Å². The first-order valence-corrected chi connectivity index (χ1v) is 6.93. The number of aromatic nitrogens is 3. The van der Waals surface area contributed by atoms with Crippen LogP contribution in [0.1, 0.15) is 5.82 Å². The zero-order valence-corrected chi connectivity index (χ0v) is 12.2. The van der Waals surface area contributed by atoms with E-state index in [0.717, 1.165) is 0 Å². The first-order chi connectivity index (χ1) is 11.5. The third-order valence-electron chi connectivity index (χ3n) is 3.22. The third-order valence-corrected chi connectivity index (χ3v) is 3.22. The van der Waals surface area contributed by atoms with Gasteiger partial charge >= 0.3 is 6.36 Å². The normalized spacial score (nSPS) is 11.5. The molecule has 0 saturated carbocycles. The molecule has 5 nitrogen and oxygen atoms in total. The second kappa shape index (κ2) is 6.32. The molecule has 1 N–H and O–H groups in total. The molecule has 124 valence electrons. The molecule has 0 aliphatic carbocycles. The fourth-order valence-electron chi connectivity index (χ4n) is 2.23. The van der Waals surface area contributed by atoms with E-state index >= 15 is 0 Å². The maximum atomic E-state index is 12.6. The van der Waals surface area contributed by atoms with E-state index in [2.05, 4.69) is 14.8 Å². The van der Waals surface area contributed by atoms with Gasteiger partial charge in [0.05, 0.1) is 5.69 Å². The predicted octanol–water partition coefficient (Wildman–Crippen LogP) is 3.33. The minimum absolute atomic E-state index is 0.251. The molecule has 0 radical (unpaired) electrons.